The highest BCUT2D eigenvalue weighted by Crippen LogP contribution is 2.38. The van der Waals surface area contributed by atoms with E-state index in [1.54, 1.807) is 7.11 Å². The number of hydrogen-bond acceptors (Lipinski definition) is 4. The lowest BCUT2D eigenvalue weighted by Gasteiger charge is -2.23. The van der Waals surface area contributed by atoms with E-state index < -0.39 is 11.7 Å². The van der Waals surface area contributed by atoms with Gasteiger partial charge >= 0.3 is 6.18 Å². The van der Waals surface area contributed by atoms with Gasteiger partial charge in [0.05, 0.1) is 18.2 Å². The van der Waals surface area contributed by atoms with Gasteiger partial charge in [-0.25, -0.2) is 0 Å². The minimum Gasteiger partial charge on any atom is -0.497 e. The van der Waals surface area contributed by atoms with Crippen molar-refractivity contribution >= 4 is 11.8 Å². The van der Waals surface area contributed by atoms with Crippen LogP contribution < -0.4 is 15.4 Å². The molecule has 8 heteroatoms. The summed E-state index contributed by atoms with van der Waals surface area (Å²) < 4.78 is 50.7. The van der Waals surface area contributed by atoms with Crippen LogP contribution in [-0.2, 0) is 19.1 Å². The second-order valence-electron chi connectivity index (χ2n) is 9.05. The summed E-state index contributed by atoms with van der Waals surface area (Å²) in [7, 11) is 1.60. The topological polar surface area (TPSA) is 63.5 Å². The van der Waals surface area contributed by atoms with Gasteiger partial charge in [-0.2, -0.15) is 13.2 Å². The predicted molar refractivity (Wildman–Crippen MR) is 133 cm³/mol. The molecule has 0 radical (unpaired) electrons. The first kappa shape index (κ1) is 25.7. The van der Waals surface area contributed by atoms with Crippen LogP contribution in [0.15, 0.2) is 52.9 Å². The Morgan fingerprint density at radius 2 is 1.69 bits per heavy atom. The highest BCUT2D eigenvalue weighted by molar-refractivity contribution is 6.02. The van der Waals surface area contributed by atoms with E-state index in [0.29, 0.717) is 35.5 Å². The minimum absolute atomic E-state index is 0.0852. The zero-order chi connectivity index (χ0) is 25.7. The number of ether oxygens (including phenoxy) is 1. The van der Waals surface area contributed by atoms with Crippen LogP contribution in [-0.4, -0.2) is 19.1 Å². The van der Waals surface area contributed by atoms with E-state index in [2.05, 4.69) is 10.6 Å². The number of hydrogen-bond donors (Lipinski definition) is 2. The first-order chi connectivity index (χ1) is 17.3. The van der Waals surface area contributed by atoms with Gasteiger partial charge in [0.1, 0.15) is 11.5 Å². The van der Waals surface area contributed by atoms with Crippen LogP contribution in [0.25, 0.3) is 11.3 Å². The molecule has 1 aliphatic rings. The Bertz CT molecular complexity index is 1160. The van der Waals surface area contributed by atoms with E-state index in [0.717, 1.165) is 55.5 Å². The molecular formula is C28H31F3N2O3. The van der Waals surface area contributed by atoms with Crippen LogP contribution >= 0.6 is 0 Å². The molecule has 0 atom stereocenters. The van der Waals surface area contributed by atoms with E-state index in [-0.39, 0.29) is 17.7 Å². The highest BCUT2D eigenvalue weighted by Gasteiger charge is 2.31. The Balaban J connectivity index is 1.67. The standard InChI is InChI=1S/C28H31F3N2O3/c1-3-23-24(26(34)33-21-7-5-4-6-8-21)25(19-11-13-20(14-12-19)28(29,30)31)36-27(23)32-17-18-9-15-22(35-2)16-10-18/h9-16,21,32H,3-8,17H2,1-2H3,(H,33,34). The molecule has 5 nitrogen and oxygen atoms in total. The molecule has 192 valence electrons. The maximum atomic E-state index is 13.5. The average Bonchev–Trinajstić information content (AvgIpc) is 3.26. The molecule has 3 aromatic rings. The first-order valence-corrected chi connectivity index (χ1v) is 12.3. The van der Waals surface area contributed by atoms with Crippen molar-refractivity contribution in [2.75, 3.05) is 12.4 Å². The molecule has 1 amide bonds. The molecule has 1 aromatic heterocycles. The zero-order valence-electron chi connectivity index (χ0n) is 20.5. The number of carbonyl (C=O) groups excluding carboxylic acids is 1. The van der Waals surface area contributed by atoms with Crippen LogP contribution in [0.5, 0.6) is 5.75 Å². The van der Waals surface area contributed by atoms with Gasteiger partial charge in [0.2, 0.25) is 0 Å². The summed E-state index contributed by atoms with van der Waals surface area (Å²) in [6.45, 7) is 2.37. The molecule has 0 unspecified atom stereocenters. The number of halogens is 3. The predicted octanol–water partition coefficient (Wildman–Crippen LogP) is 7.21. The van der Waals surface area contributed by atoms with Gasteiger partial charge in [-0.3, -0.25) is 4.79 Å². The Hall–Kier alpha value is -3.42. The number of rotatable bonds is 8. The second-order valence-corrected chi connectivity index (χ2v) is 9.05. The molecule has 0 aliphatic heterocycles. The fourth-order valence-electron chi connectivity index (χ4n) is 4.63. The summed E-state index contributed by atoms with van der Waals surface area (Å²) in [6.07, 6.45) is 1.21. The number of amides is 1. The Kier molecular flexibility index (Phi) is 7.91. The van der Waals surface area contributed by atoms with Gasteiger partial charge in [-0.05, 0) is 49.1 Å². The van der Waals surface area contributed by atoms with Gasteiger partial charge in [0.25, 0.3) is 5.91 Å². The van der Waals surface area contributed by atoms with Crippen molar-refractivity contribution in [3.63, 3.8) is 0 Å². The maximum absolute atomic E-state index is 13.5. The zero-order valence-corrected chi connectivity index (χ0v) is 20.5. The van der Waals surface area contributed by atoms with E-state index in [1.807, 2.05) is 31.2 Å². The summed E-state index contributed by atoms with van der Waals surface area (Å²) in [4.78, 5) is 13.5. The largest absolute Gasteiger partial charge is 0.497 e. The summed E-state index contributed by atoms with van der Waals surface area (Å²) >= 11 is 0. The van der Waals surface area contributed by atoms with Gasteiger partial charge in [-0.1, -0.05) is 50.5 Å². The molecule has 0 saturated heterocycles. The van der Waals surface area contributed by atoms with E-state index in [9.17, 15) is 18.0 Å². The summed E-state index contributed by atoms with van der Waals surface area (Å²) in [6, 6.07) is 12.4. The Morgan fingerprint density at radius 3 is 2.28 bits per heavy atom. The molecule has 1 fully saturated rings. The van der Waals surface area contributed by atoms with Crippen molar-refractivity contribution < 1.29 is 27.1 Å². The number of methoxy groups -OCH3 is 1. The number of nitrogens with one attached hydrogen (secondary N) is 2. The lowest BCUT2D eigenvalue weighted by Crippen LogP contribution is -2.36. The van der Waals surface area contributed by atoms with Crippen LogP contribution in [0.2, 0.25) is 0 Å². The van der Waals surface area contributed by atoms with Gasteiger partial charge in [-0.15, -0.1) is 0 Å². The molecule has 1 saturated carbocycles. The van der Waals surface area contributed by atoms with Crippen LogP contribution in [0.1, 0.15) is 66.1 Å². The molecule has 2 N–H and O–H groups in total. The monoisotopic (exact) mass is 500 g/mol. The van der Waals surface area contributed by atoms with Crippen LogP contribution in [0.3, 0.4) is 0 Å². The normalized spacial score (nSPS) is 14.5. The number of benzene rings is 2. The van der Waals surface area contributed by atoms with Crippen LogP contribution in [0, 0.1) is 0 Å². The molecule has 36 heavy (non-hydrogen) atoms. The van der Waals surface area contributed by atoms with Crippen molar-refractivity contribution in [2.45, 2.75) is 64.2 Å². The molecule has 0 spiro atoms. The third-order valence-electron chi connectivity index (χ3n) is 6.61. The SMILES string of the molecule is CCc1c(NCc2ccc(OC)cc2)oc(-c2ccc(C(F)(F)F)cc2)c1C(=O)NC1CCCCC1. The van der Waals surface area contributed by atoms with Crippen molar-refractivity contribution in [2.24, 2.45) is 0 Å². The van der Waals surface area contributed by atoms with Crippen molar-refractivity contribution in [1.29, 1.82) is 0 Å². The van der Waals surface area contributed by atoms with E-state index in [4.69, 9.17) is 9.15 Å². The number of carbonyl (C=O) groups is 1. The number of anilines is 1. The molecule has 2 aromatic carbocycles. The molecule has 4 rings (SSSR count). The lowest BCUT2D eigenvalue weighted by molar-refractivity contribution is -0.137. The third kappa shape index (κ3) is 5.86. The Morgan fingerprint density at radius 1 is 1.03 bits per heavy atom. The first-order valence-electron chi connectivity index (χ1n) is 12.3. The minimum atomic E-state index is -4.44. The lowest BCUT2D eigenvalue weighted by atomic mass is 9.94. The summed E-state index contributed by atoms with van der Waals surface area (Å²) in [5, 5.41) is 6.41. The summed E-state index contributed by atoms with van der Waals surface area (Å²) in [5.41, 5.74) is 1.73. The van der Waals surface area contributed by atoms with Gasteiger partial charge in [0.15, 0.2) is 5.88 Å². The van der Waals surface area contributed by atoms with Gasteiger partial charge in [0, 0.05) is 23.7 Å². The molecular weight excluding hydrogens is 469 g/mol. The fourth-order valence-corrected chi connectivity index (χ4v) is 4.63. The second kappa shape index (κ2) is 11.1. The summed E-state index contributed by atoms with van der Waals surface area (Å²) in [5.74, 6) is 1.20. The third-order valence-corrected chi connectivity index (χ3v) is 6.61. The van der Waals surface area contributed by atoms with Gasteiger partial charge < -0.3 is 19.8 Å². The van der Waals surface area contributed by atoms with Crippen molar-refractivity contribution in [3.8, 4) is 17.1 Å². The average molecular weight is 501 g/mol. The smallest absolute Gasteiger partial charge is 0.416 e. The number of alkyl halides is 3. The van der Waals surface area contributed by atoms with E-state index >= 15 is 0 Å². The highest BCUT2D eigenvalue weighted by atomic mass is 19.4. The van der Waals surface area contributed by atoms with E-state index in [1.165, 1.54) is 12.1 Å². The molecule has 1 heterocycles. The Labute approximate surface area is 209 Å². The molecule has 1 aliphatic carbocycles. The molecule has 0 bridgehead atoms. The van der Waals surface area contributed by atoms with Crippen LogP contribution in [0.4, 0.5) is 19.1 Å². The van der Waals surface area contributed by atoms with Crippen molar-refractivity contribution in [3.05, 3.63) is 70.8 Å². The fraction of sp³-hybridized carbons (Fsp3) is 0.393. The maximum Gasteiger partial charge on any atom is 0.416 e. The van der Waals surface area contributed by atoms with Crippen molar-refractivity contribution in [1.82, 2.24) is 5.32 Å². The quantitative estimate of drug-likeness (QED) is 0.343. The number of furan rings is 1.